The lowest BCUT2D eigenvalue weighted by Gasteiger charge is -2.24. The van der Waals surface area contributed by atoms with Crippen LogP contribution in [-0.2, 0) is 6.42 Å². The Labute approximate surface area is 150 Å². The van der Waals surface area contributed by atoms with Crippen LogP contribution in [0.4, 0.5) is 5.69 Å². The second-order valence-corrected chi connectivity index (χ2v) is 6.87. The molecule has 0 aromatic heterocycles. The molecular weight excluding hydrogens is 314 g/mol. The molecule has 0 radical (unpaired) electrons. The van der Waals surface area contributed by atoms with E-state index >= 15 is 0 Å². The van der Waals surface area contributed by atoms with Crippen molar-refractivity contribution in [3.05, 3.63) is 65.4 Å². The van der Waals surface area contributed by atoms with E-state index in [0.29, 0.717) is 5.88 Å². The summed E-state index contributed by atoms with van der Waals surface area (Å²) in [4.78, 5) is 0. The van der Waals surface area contributed by atoms with Crippen molar-refractivity contribution in [1.82, 2.24) is 0 Å². The summed E-state index contributed by atoms with van der Waals surface area (Å²) in [6.07, 6.45) is 6.95. The van der Waals surface area contributed by atoms with Crippen molar-refractivity contribution in [2.24, 2.45) is 0 Å². The average Bonchev–Trinajstić information content (AvgIpc) is 2.55. The maximum absolute atomic E-state index is 6.05. The van der Waals surface area contributed by atoms with Crippen molar-refractivity contribution >= 4 is 17.3 Å². The van der Waals surface area contributed by atoms with Crippen molar-refractivity contribution < 1.29 is 0 Å². The van der Waals surface area contributed by atoms with Crippen LogP contribution in [-0.4, -0.2) is 5.88 Å². The minimum Gasteiger partial charge on any atom is -0.358 e. The molecule has 126 valence electrons. The summed E-state index contributed by atoms with van der Waals surface area (Å²) in [5.41, 5.74) is 8.02. The van der Waals surface area contributed by atoms with Crippen LogP contribution in [0.1, 0.15) is 44.6 Å². The highest BCUT2D eigenvalue weighted by Crippen LogP contribution is 2.35. The van der Waals surface area contributed by atoms with Gasteiger partial charge in [0.1, 0.15) is 0 Å². The van der Waals surface area contributed by atoms with E-state index in [-0.39, 0.29) is 0 Å². The summed E-state index contributed by atoms with van der Waals surface area (Å²) < 4.78 is 0. The Hall–Kier alpha value is -1.73. The van der Waals surface area contributed by atoms with Crippen molar-refractivity contribution in [3.63, 3.8) is 0 Å². The van der Waals surface area contributed by atoms with Gasteiger partial charge >= 0.3 is 0 Å². The second kappa shape index (κ2) is 8.39. The normalized spacial score (nSPS) is 13.5. The van der Waals surface area contributed by atoms with Gasteiger partial charge in [0.15, 0.2) is 0 Å². The molecule has 0 amide bonds. The largest absolute Gasteiger partial charge is 0.358 e. The summed E-state index contributed by atoms with van der Waals surface area (Å²) >= 11 is 6.05. The van der Waals surface area contributed by atoms with Crippen LogP contribution in [0.3, 0.4) is 0 Å². The van der Waals surface area contributed by atoms with Gasteiger partial charge in [-0.3, -0.25) is 0 Å². The first-order valence-corrected chi connectivity index (χ1v) is 9.57. The molecule has 1 saturated carbocycles. The van der Waals surface area contributed by atoms with Crippen LogP contribution in [0.25, 0.3) is 11.1 Å². The lowest BCUT2D eigenvalue weighted by Crippen LogP contribution is -2.11. The molecule has 0 heterocycles. The Bertz CT molecular complexity index is 697. The van der Waals surface area contributed by atoms with Crippen molar-refractivity contribution in [3.8, 4) is 11.1 Å². The molecule has 3 rings (SSSR count). The standard InChI is InChI=1S/C22H26ClN/c1-2-7-17-12-13-20(18-8-4-3-5-9-18)22(16-17)24-21(14-15-23)19-10-6-11-19/h3-5,8-9,12-13,16,24H,2,6-7,10-11,14-15H2,1H3. The third kappa shape index (κ3) is 4.02. The Balaban J connectivity index is 1.98. The number of nitrogens with one attached hydrogen (secondary N) is 1. The topological polar surface area (TPSA) is 12.0 Å². The minimum atomic E-state index is 0.668. The number of halogens is 1. The molecule has 1 nitrogen and oxygen atoms in total. The van der Waals surface area contributed by atoms with Gasteiger partial charge in [0.25, 0.3) is 0 Å². The van der Waals surface area contributed by atoms with E-state index in [1.54, 1.807) is 5.57 Å². The number of anilines is 1. The average molecular weight is 340 g/mol. The molecule has 24 heavy (non-hydrogen) atoms. The van der Waals surface area contributed by atoms with Gasteiger partial charge in [-0.2, -0.15) is 0 Å². The zero-order valence-corrected chi connectivity index (χ0v) is 15.2. The summed E-state index contributed by atoms with van der Waals surface area (Å²) in [5, 5.41) is 3.74. The van der Waals surface area contributed by atoms with Crippen LogP contribution >= 0.6 is 11.6 Å². The highest BCUT2D eigenvalue weighted by Gasteiger charge is 2.16. The predicted molar refractivity (Wildman–Crippen MR) is 106 cm³/mol. The number of hydrogen-bond acceptors (Lipinski definition) is 1. The number of benzene rings is 2. The van der Waals surface area contributed by atoms with Crippen LogP contribution in [0.2, 0.25) is 0 Å². The first-order chi connectivity index (χ1) is 11.8. The van der Waals surface area contributed by atoms with Crippen LogP contribution < -0.4 is 5.32 Å². The Morgan fingerprint density at radius 2 is 1.88 bits per heavy atom. The van der Waals surface area contributed by atoms with E-state index in [1.807, 2.05) is 0 Å². The smallest absolute Gasteiger partial charge is 0.0464 e. The molecule has 2 aromatic carbocycles. The second-order valence-electron chi connectivity index (χ2n) is 6.50. The van der Waals surface area contributed by atoms with E-state index in [2.05, 4.69) is 60.8 Å². The fourth-order valence-electron chi connectivity index (χ4n) is 3.25. The molecule has 0 aliphatic heterocycles. The molecule has 0 spiro atoms. The third-order valence-electron chi connectivity index (χ3n) is 4.72. The monoisotopic (exact) mass is 339 g/mol. The lowest BCUT2D eigenvalue weighted by molar-refractivity contribution is 0.646. The van der Waals surface area contributed by atoms with Crippen molar-refractivity contribution in [1.29, 1.82) is 0 Å². The van der Waals surface area contributed by atoms with Gasteiger partial charge in [0.2, 0.25) is 0 Å². The van der Waals surface area contributed by atoms with Gasteiger partial charge < -0.3 is 5.32 Å². The van der Waals surface area contributed by atoms with Gasteiger partial charge in [-0.25, -0.2) is 0 Å². The maximum atomic E-state index is 6.05. The van der Waals surface area contributed by atoms with Gasteiger partial charge in [-0.15, -0.1) is 11.6 Å². The molecule has 2 aromatic rings. The molecule has 1 N–H and O–H groups in total. The van der Waals surface area contributed by atoms with E-state index in [9.17, 15) is 0 Å². The van der Waals surface area contributed by atoms with E-state index in [0.717, 1.165) is 12.8 Å². The highest BCUT2D eigenvalue weighted by molar-refractivity contribution is 6.18. The van der Waals surface area contributed by atoms with E-state index in [4.69, 9.17) is 11.6 Å². The molecule has 1 fully saturated rings. The summed E-state index contributed by atoms with van der Waals surface area (Å²) in [5.74, 6) is 0.668. The molecule has 2 heteroatoms. The highest BCUT2D eigenvalue weighted by atomic mass is 35.5. The number of alkyl halides is 1. The summed E-state index contributed by atoms with van der Waals surface area (Å²) in [6.45, 7) is 2.23. The van der Waals surface area contributed by atoms with E-state index < -0.39 is 0 Å². The van der Waals surface area contributed by atoms with Crippen LogP contribution in [0.5, 0.6) is 0 Å². The first-order valence-electron chi connectivity index (χ1n) is 9.04. The quantitative estimate of drug-likeness (QED) is 0.548. The first kappa shape index (κ1) is 17.1. The number of aryl methyl sites for hydroxylation is 1. The molecule has 1 aliphatic rings. The summed E-state index contributed by atoms with van der Waals surface area (Å²) in [7, 11) is 0. The third-order valence-corrected chi connectivity index (χ3v) is 4.91. The van der Waals surface area contributed by atoms with Crippen molar-refractivity contribution in [2.75, 3.05) is 11.2 Å². The Kier molecular flexibility index (Phi) is 5.98. The SMILES string of the molecule is CCCc1ccc(-c2ccccc2)c(NC(CCCl)=C2CCC2)c1. The van der Waals surface area contributed by atoms with Gasteiger partial charge in [0.05, 0.1) is 0 Å². The van der Waals surface area contributed by atoms with E-state index in [1.165, 1.54) is 53.8 Å². The van der Waals surface area contributed by atoms with Gasteiger partial charge in [-0.1, -0.05) is 61.4 Å². The van der Waals surface area contributed by atoms with Gasteiger partial charge in [0, 0.05) is 29.2 Å². The van der Waals surface area contributed by atoms with Crippen LogP contribution in [0.15, 0.2) is 59.8 Å². The number of hydrogen-bond donors (Lipinski definition) is 1. The molecule has 0 saturated heterocycles. The van der Waals surface area contributed by atoms with Crippen LogP contribution in [0, 0.1) is 0 Å². The zero-order chi connectivity index (χ0) is 16.8. The fourth-order valence-corrected chi connectivity index (χ4v) is 3.44. The molecular formula is C22H26ClN. The Morgan fingerprint density at radius 3 is 2.50 bits per heavy atom. The zero-order valence-electron chi connectivity index (χ0n) is 14.4. The lowest BCUT2D eigenvalue weighted by atomic mass is 9.89. The number of allylic oxidation sites excluding steroid dienone is 2. The molecule has 1 aliphatic carbocycles. The van der Waals surface area contributed by atoms with Crippen molar-refractivity contribution in [2.45, 2.75) is 45.4 Å². The molecule has 0 bridgehead atoms. The van der Waals surface area contributed by atoms with Gasteiger partial charge in [-0.05, 0) is 42.9 Å². The Morgan fingerprint density at radius 1 is 1.08 bits per heavy atom. The maximum Gasteiger partial charge on any atom is 0.0464 e. The molecule has 0 atom stereocenters. The fraction of sp³-hybridized carbons (Fsp3) is 0.364. The number of rotatable bonds is 7. The molecule has 0 unspecified atom stereocenters. The summed E-state index contributed by atoms with van der Waals surface area (Å²) in [6, 6.07) is 17.5. The minimum absolute atomic E-state index is 0.668. The predicted octanol–water partition coefficient (Wildman–Crippen LogP) is 6.78.